The highest BCUT2D eigenvalue weighted by Gasteiger charge is 2.53. The summed E-state index contributed by atoms with van der Waals surface area (Å²) in [6.45, 7) is 2.15. The number of piperidine rings is 1. The summed E-state index contributed by atoms with van der Waals surface area (Å²) in [6.07, 6.45) is 6.26. The number of amides is 1. The third-order valence-electron chi connectivity index (χ3n) is 6.05. The summed E-state index contributed by atoms with van der Waals surface area (Å²) in [5.41, 5.74) is 3.83. The van der Waals surface area contributed by atoms with E-state index in [1.165, 1.54) is 16.7 Å². The summed E-state index contributed by atoms with van der Waals surface area (Å²) < 4.78 is 5.38. The standard InChI is InChI=1S/C19H23NO2/c1-12-8-15-6-4-13-10-19(15,18(21)20(12)2)11-14-5-7-16(22-3)9-17(13)14/h5-7,9,12-13H,4,8,10-11H2,1-3H3/t12-,13+,19+/m0/s1. The third kappa shape index (κ3) is 1.71. The maximum atomic E-state index is 13.1. The van der Waals surface area contributed by atoms with Crippen LogP contribution in [0, 0.1) is 5.41 Å². The monoisotopic (exact) mass is 297 g/mol. The van der Waals surface area contributed by atoms with Crippen LogP contribution in [-0.4, -0.2) is 31.0 Å². The van der Waals surface area contributed by atoms with E-state index in [0.717, 1.165) is 31.4 Å². The molecule has 1 aromatic rings. The Morgan fingerprint density at radius 2 is 2.18 bits per heavy atom. The third-order valence-corrected chi connectivity index (χ3v) is 6.05. The number of ether oxygens (including phenoxy) is 1. The van der Waals surface area contributed by atoms with Crippen LogP contribution in [0.5, 0.6) is 5.75 Å². The van der Waals surface area contributed by atoms with Crippen LogP contribution in [0.15, 0.2) is 29.8 Å². The van der Waals surface area contributed by atoms with Crippen molar-refractivity contribution in [3.63, 3.8) is 0 Å². The lowest BCUT2D eigenvalue weighted by Crippen LogP contribution is -2.55. The second-order valence-electron chi connectivity index (χ2n) is 7.16. The highest BCUT2D eigenvalue weighted by molar-refractivity contribution is 5.88. The molecule has 0 N–H and O–H groups in total. The van der Waals surface area contributed by atoms with Gasteiger partial charge in [-0.25, -0.2) is 0 Å². The van der Waals surface area contributed by atoms with Crippen molar-refractivity contribution in [3.8, 4) is 5.75 Å². The fourth-order valence-electron chi connectivity index (χ4n) is 4.68. The van der Waals surface area contributed by atoms with Crippen molar-refractivity contribution in [2.75, 3.05) is 14.2 Å². The number of fused-ring (bicyclic) bond motifs is 3. The average Bonchev–Trinajstić information content (AvgIpc) is 2.54. The molecule has 3 heteroatoms. The van der Waals surface area contributed by atoms with Crippen molar-refractivity contribution >= 4 is 5.91 Å². The van der Waals surface area contributed by atoms with Crippen molar-refractivity contribution < 1.29 is 9.53 Å². The van der Waals surface area contributed by atoms with Gasteiger partial charge in [0.05, 0.1) is 12.5 Å². The van der Waals surface area contributed by atoms with Crippen LogP contribution in [0.1, 0.15) is 43.2 Å². The Kier molecular flexibility index (Phi) is 2.91. The van der Waals surface area contributed by atoms with Gasteiger partial charge in [0.1, 0.15) is 5.75 Å². The number of nitrogens with zero attached hydrogens (tertiary/aromatic N) is 1. The second-order valence-corrected chi connectivity index (χ2v) is 7.16. The number of likely N-dealkylation sites (tertiary alicyclic amines) is 1. The van der Waals surface area contributed by atoms with Crippen molar-refractivity contribution in [1.29, 1.82) is 0 Å². The molecule has 1 aromatic carbocycles. The van der Waals surface area contributed by atoms with E-state index in [1.54, 1.807) is 7.11 Å². The minimum absolute atomic E-state index is 0.272. The lowest BCUT2D eigenvalue weighted by atomic mass is 9.56. The van der Waals surface area contributed by atoms with E-state index in [9.17, 15) is 4.79 Å². The van der Waals surface area contributed by atoms with Crippen molar-refractivity contribution in [2.45, 2.75) is 44.6 Å². The molecule has 22 heavy (non-hydrogen) atoms. The Hall–Kier alpha value is -1.77. The van der Waals surface area contributed by atoms with Gasteiger partial charge < -0.3 is 9.64 Å². The van der Waals surface area contributed by atoms with E-state index in [4.69, 9.17) is 4.74 Å². The van der Waals surface area contributed by atoms with Gasteiger partial charge in [0.2, 0.25) is 5.91 Å². The first kappa shape index (κ1) is 13.9. The fraction of sp³-hybridized carbons (Fsp3) is 0.526. The molecule has 2 aliphatic carbocycles. The molecular weight excluding hydrogens is 274 g/mol. The van der Waals surface area contributed by atoms with Gasteiger partial charge in [0, 0.05) is 13.1 Å². The molecule has 1 aliphatic heterocycles. The molecule has 116 valence electrons. The predicted octanol–water partition coefficient (Wildman–Crippen LogP) is 3.29. The van der Waals surface area contributed by atoms with E-state index < -0.39 is 0 Å². The lowest BCUT2D eigenvalue weighted by Gasteiger charge is -2.52. The van der Waals surface area contributed by atoms with Crippen LogP contribution < -0.4 is 4.74 Å². The first-order valence-electron chi connectivity index (χ1n) is 8.19. The predicted molar refractivity (Wildman–Crippen MR) is 86.0 cm³/mol. The van der Waals surface area contributed by atoms with Gasteiger partial charge in [-0.3, -0.25) is 4.79 Å². The second kappa shape index (κ2) is 4.61. The Balaban J connectivity index is 1.82. The maximum absolute atomic E-state index is 13.1. The van der Waals surface area contributed by atoms with Crippen LogP contribution in [0.2, 0.25) is 0 Å². The number of benzene rings is 1. The van der Waals surface area contributed by atoms with Gasteiger partial charge in [0.15, 0.2) is 0 Å². The SMILES string of the molecule is COc1ccc2c(c1)[C@@H]1CC=C3C[C@H](C)N(C)C(=O)[C@@]3(C2)C1. The highest BCUT2D eigenvalue weighted by Crippen LogP contribution is 2.55. The topological polar surface area (TPSA) is 29.5 Å². The van der Waals surface area contributed by atoms with Gasteiger partial charge in [-0.15, -0.1) is 0 Å². The summed E-state index contributed by atoms with van der Waals surface area (Å²) in [4.78, 5) is 15.1. The molecule has 3 nitrogen and oxygen atoms in total. The molecule has 0 unspecified atom stereocenters. The van der Waals surface area contributed by atoms with Crippen LogP contribution in [0.4, 0.5) is 0 Å². The summed E-state index contributed by atoms with van der Waals surface area (Å²) in [5, 5.41) is 0. The van der Waals surface area contributed by atoms with Gasteiger partial charge in [0.25, 0.3) is 0 Å². The molecule has 1 spiro atoms. The van der Waals surface area contributed by atoms with E-state index in [2.05, 4.69) is 25.1 Å². The molecule has 0 aromatic heterocycles. The van der Waals surface area contributed by atoms with E-state index >= 15 is 0 Å². The molecule has 1 heterocycles. The summed E-state index contributed by atoms with van der Waals surface area (Å²) >= 11 is 0. The molecule has 3 aliphatic rings. The number of carbonyl (C=O) groups is 1. The van der Waals surface area contributed by atoms with E-state index in [1.807, 2.05) is 18.0 Å². The first-order chi connectivity index (χ1) is 10.5. The largest absolute Gasteiger partial charge is 0.497 e. The molecular formula is C19H23NO2. The lowest BCUT2D eigenvalue weighted by molar-refractivity contribution is -0.144. The fourth-order valence-corrected chi connectivity index (χ4v) is 4.68. The number of carbonyl (C=O) groups excluding carboxylic acids is 1. The van der Waals surface area contributed by atoms with Crippen LogP contribution in [0.25, 0.3) is 0 Å². The zero-order valence-corrected chi connectivity index (χ0v) is 13.6. The quantitative estimate of drug-likeness (QED) is 0.744. The van der Waals surface area contributed by atoms with Crippen molar-refractivity contribution in [1.82, 2.24) is 4.90 Å². The first-order valence-corrected chi connectivity index (χ1v) is 8.19. The van der Waals surface area contributed by atoms with Crippen molar-refractivity contribution in [3.05, 3.63) is 41.0 Å². The number of methoxy groups -OCH3 is 1. The normalized spacial score (nSPS) is 33.0. The molecule has 3 atom stereocenters. The van der Waals surface area contributed by atoms with Gasteiger partial charge in [-0.2, -0.15) is 0 Å². The summed E-state index contributed by atoms with van der Waals surface area (Å²) in [5.74, 6) is 1.70. The molecule has 0 saturated carbocycles. The van der Waals surface area contributed by atoms with Crippen LogP contribution >= 0.6 is 0 Å². The maximum Gasteiger partial charge on any atom is 0.233 e. The average molecular weight is 297 g/mol. The molecule has 2 bridgehead atoms. The Labute approximate surface area is 132 Å². The van der Waals surface area contributed by atoms with Gasteiger partial charge >= 0.3 is 0 Å². The van der Waals surface area contributed by atoms with Crippen LogP contribution in [-0.2, 0) is 11.2 Å². The Morgan fingerprint density at radius 3 is 2.95 bits per heavy atom. The molecule has 4 rings (SSSR count). The molecule has 0 radical (unpaired) electrons. The zero-order valence-electron chi connectivity index (χ0n) is 13.6. The molecule has 1 saturated heterocycles. The van der Waals surface area contributed by atoms with Gasteiger partial charge in [-0.05, 0) is 61.8 Å². The van der Waals surface area contributed by atoms with Gasteiger partial charge in [-0.1, -0.05) is 17.7 Å². The number of hydrogen-bond donors (Lipinski definition) is 0. The molecule has 1 fully saturated rings. The summed E-state index contributed by atoms with van der Waals surface area (Å²) in [6, 6.07) is 6.68. The Bertz CT molecular complexity index is 678. The number of hydrogen-bond acceptors (Lipinski definition) is 2. The van der Waals surface area contributed by atoms with E-state index in [0.29, 0.717) is 17.9 Å². The number of allylic oxidation sites excluding steroid dienone is 1. The minimum Gasteiger partial charge on any atom is -0.497 e. The minimum atomic E-state index is -0.272. The Morgan fingerprint density at radius 1 is 1.36 bits per heavy atom. The van der Waals surface area contributed by atoms with Crippen molar-refractivity contribution in [2.24, 2.45) is 5.41 Å². The zero-order chi connectivity index (χ0) is 15.5. The van der Waals surface area contributed by atoms with Crippen LogP contribution in [0.3, 0.4) is 0 Å². The smallest absolute Gasteiger partial charge is 0.233 e. The summed E-state index contributed by atoms with van der Waals surface area (Å²) in [7, 11) is 3.68. The number of rotatable bonds is 1. The molecule has 1 amide bonds. The highest BCUT2D eigenvalue weighted by atomic mass is 16.5. The van der Waals surface area contributed by atoms with E-state index in [-0.39, 0.29) is 5.41 Å².